The summed E-state index contributed by atoms with van der Waals surface area (Å²) in [4.78, 5) is 11.2. The highest BCUT2D eigenvalue weighted by Crippen LogP contribution is 1.99. The highest BCUT2D eigenvalue weighted by molar-refractivity contribution is 5.85. The van der Waals surface area contributed by atoms with Gasteiger partial charge in [-0.15, -0.1) is 12.4 Å². The second kappa shape index (κ2) is 3.74. The minimum atomic E-state index is 0. The zero-order valence-corrected chi connectivity index (χ0v) is 7.43. The number of fused-ring (bicyclic) bond motifs is 1. The van der Waals surface area contributed by atoms with Crippen LogP contribution >= 0.6 is 12.4 Å². The zero-order chi connectivity index (χ0) is 7.68. The summed E-state index contributed by atoms with van der Waals surface area (Å²) in [5.41, 5.74) is 1.20. The molecule has 1 aliphatic heterocycles. The maximum atomic E-state index is 11.2. The van der Waals surface area contributed by atoms with Crippen LogP contribution in [0.2, 0.25) is 0 Å². The average Bonchev–Trinajstić information content (AvgIpc) is 2.06. The van der Waals surface area contributed by atoms with Crippen molar-refractivity contribution in [3.05, 3.63) is 34.2 Å². The predicted octanol–water partition coefficient (Wildman–Crippen LogP) is 0.373. The molecule has 0 aliphatic carbocycles. The molecule has 0 atom stereocenters. The fourth-order valence-corrected chi connectivity index (χ4v) is 1.38. The van der Waals surface area contributed by atoms with Crippen molar-refractivity contribution in [2.75, 3.05) is 6.54 Å². The van der Waals surface area contributed by atoms with Crippen LogP contribution < -0.4 is 10.9 Å². The lowest BCUT2D eigenvalue weighted by atomic mass is 10.3. The number of halogens is 1. The first-order valence-electron chi connectivity index (χ1n) is 3.77. The van der Waals surface area contributed by atoms with Gasteiger partial charge in [0.15, 0.2) is 0 Å². The molecule has 12 heavy (non-hydrogen) atoms. The Labute approximate surface area is 76.8 Å². The Morgan fingerprint density at radius 1 is 1.42 bits per heavy atom. The zero-order valence-electron chi connectivity index (χ0n) is 6.62. The van der Waals surface area contributed by atoms with Crippen LogP contribution in [0.25, 0.3) is 0 Å². The molecule has 0 spiro atoms. The van der Waals surface area contributed by atoms with Gasteiger partial charge in [-0.2, -0.15) is 0 Å². The minimum Gasteiger partial charge on any atom is -0.310 e. The number of rotatable bonds is 0. The Morgan fingerprint density at radius 3 is 3.00 bits per heavy atom. The van der Waals surface area contributed by atoms with Crippen molar-refractivity contribution in [2.24, 2.45) is 0 Å². The molecular weight excluding hydrogens is 176 g/mol. The molecule has 1 aromatic heterocycles. The number of nitrogens with one attached hydrogen (secondary N) is 1. The monoisotopic (exact) mass is 186 g/mol. The van der Waals surface area contributed by atoms with Crippen molar-refractivity contribution < 1.29 is 0 Å². The lowest BCUT2D eigenvalue weighted by Gasteiger charge is -2.18. The SMILES string of the molecule is Cl.O=c1cccc2n1CCNC2. The molecule has 1 aliphatic rings. The predicted molar refractivity (Wildman–Crippen MR) is 49.7 cm³/mol. The quantitative estimate of drug-likeness (QED) is 0.636. The summed E-state index contributed by atoms with van der Waals surface area (Å²) >= 11 is 0. The molecule has 66 valence electrons. The number of nitrogens with zero attached hydrogens (tertiary/aromatic N) is 1. The van der Waals surface area contributed by atoms with Crippen LogP contribution in [0, 0.1) is 0 Å². The van der Waals surface area contributed by atoms with Gasteiger partial charge in [0.25, 0.3) is 5.56 Å². The topological polar surface area (TPSA) is 34.0 Å². The van der Waals surface area contributed by atoms with Gasteiger partial charge >= 0.3 is 0 Å². The summed E-state index contributed by atoms with van der Waals surface area (Å²) in [6.45, 7) is 2.52. The summed E-state index contributed by atoms with van der Waals surface area (Å²) in [6, 6.07) is 5.39. The first-order chi connectivity index (χ1) is 5.38. The van der Waals surface area contributed by atoms with Gasteiger partial charge in [-0.25, -0.2) is 0 Å². The highest BCUT2D eigenvalue weighted by Gasteiger charge is 2.06. The van der Waals surface area contributed by atoms with E-state index < -0.39 is 0 Å². The molecule has 0 saturated carbocycles. The molecule has 0 fully saturated rings. The van der Waals surface area contributed by atoms with Gasteiger partial charge in [0, 0.05) is 31.4 Å². The molecule has 0 amide bonds. The normalized spacial score (nSPS) is 14.7. The second-order valence-corrected chi connectivity index (χ2v) is 2.68. The highest BCUT2D eigenvalue weighted by atomic mass is 35.5. The van der Waals surface area contributed by atoms with Crippen molar-refractivity contribution in [2.45, 2.75) is 13.1 Å². The first kappa shape index (κ1) is 9.29. The fraction of sp³-hybridized carbons (Fsp3) is 0.375. The van der Waals surface area contributed by atoms with Gasteiger partial charge in [0.2, 0.25) is 0 Å². The number of hydrogen-bond donors (Lipinski definition) is 1. The molecule has 0 saturated heterocycles. The van der Waals surface area contributed by atoms with E-state index in [-0.39, 0.29) is 18.0 Å². The summed E-state index contributed by atoms with van der Waals surface area (Å²) < 4.78 is 1.82. The van der Waals surface area contributed by atoms with E-state index in [0.717, 1.165) is 25.3 Å². The second-order valence-electron chi connectivity index (χ2n) is 2.68. The smallest absolute Gasteiger partial charge is 0.250 e. The fourth-order valence-electron chi connectivity index (χ4n) is 1.38. The lowest BCUT2D eigenvalue weighted by molar-refractivity contribution is 0.499. The molecule has 2 rings (SSSR count). The van der Waals surface area contributed by atoms with E-state index in [0.29, 0.717) is 0 Å². The third-order valence-corrected chi connectivity index (χ3v) is 1.96. The summed E-state index contributed by atoms with van der Waals surface area (Å²) in [7, 11) is 0. The maximum absolute atomic E-state index is 11.2. The Kier molecular flexibility index (Phi) is 2.89. The average molecular weight is 187 g/mol. The molecule has 2 heterocycles. The summed E-state index contributed by atoms with van der Waals surface area (Å²) in [5, 5.41) is 3.21. The third-order valence-electron chi connectivity index (χ3n) is 1.96. The number of hydrogen-bond acceptors (Lipinski definition) is 2. The molecule has 0 unspecified atom stereocenters. The Morgan fingerprint density at radius 2 is 2.25 bits per heavy atom. The molecule has 4 heteroatoms. The maximum Gasteiger partial charge on any atom is 0.250 e. The first-order valence-corrected chi connectivity index (χ1v) is 3.77. The van der Waals surface area contributed by atoms with Crippen molar-refractivity contribution in [3.63, 3.8) is 0 Å². The van der Waals surface area contributed by atoms with Crippen LogP contribution in [-0.4, -0.2) is 11.1 Å². The van der Waals surface area contributed by atoms with Crippen molar-refractivity contribution in [1.82, 2.24) is 9.88 Å². The molecule has 1 N–H and O–H groups in total. The van der Waals surface area contributed by atoms with Gasteiger partial charge in [-0.1, -0.05) is 6.07 Å². The number of pyridine rings is 1. The van der Waals surface area contributed by atoms with E-state index >= 15 is 0 Å². The van der Waals surface area contributed by atoms with E-state index in [2.05, 4.69) is 5.32 Å². The summed E-state index contributed by atoms with van der Waals surface area (Å²) in [6.07, 6.45) is 0. The molecule has 0 aromatic carbocycles. The van der Waals surface area contributed by atoms with Crippen molar-refractivity contribution in [3.8, 4) is 0 Å². The van der Waals surface area contributed by atoms with E-state index in [4.69, 9.17) is 0 Å². The lowest BCUT2D eigenvalue weighted by Crippen LogP contribution is -2.35. The largest absolute Gasteiger partial charge is 0.310 e. The molecule has 0 radical (unpaired) electrons. The van der Waals surface area contributed by atoms with Crippen LogP contribution in [0.3, 0.4) is 0 Å². The molecule has 1 aromatic rings. The van der Waals surface area contributed by atoms with E-state index in [1.54, 1.807) is 12.1 Å². The van der Waals surface area contributed by atoms with Crippen LogP contribution in [-0.2, 0) is 13.1 Å². The van der Waals surface area contributed by atoms with E-state index in [9.17, 15) is 4.79 Å². The van der Waals surface area contributed by atoms with E-state index in [1.807, 2.05) is 10.6 Å². The standard InChI is InChI=1S/C8H10N2O.ClH/c11-8-3-1-2-7-6-9-4-5-10(7)8;/h1-3,9H,4-6H2;1H. The van der Waals surface area contributed by atoms with Gasteiger partial charge in [0.05, 0.1) is 0 Å². The van der Waals surface area contributed by atoms with Gasteiger partial charge in [-0.3, -0.25) is 4.79 Å². The van der Waals surface area contributed by atoms with Crippen LogP contribution in [0.4, 0.5) is 0 Å². The van der Waals surface area contributed by atoms with Crippen molar-refractivity contribution in [1.29, 1.82) is 0 Å². The Bertz CT molecular complexity index is 321. The van der Waals surface area contributed by atoms with Crippen LogP contribution in [0.15, 0.2) is 23.0 Å². The minimum absolute atomic E-state index is 0. The van der Waals surface area contributed by atoms with Crippen LogP contribution in [0.5, 0.6) is 0 Å². The van der Waals surface area contributed by atoms with Gasteiger partial charge in [0.1, 0.15) is 0 Å². The van der Waals surface area contributed by atoms with Gasteiger partial charge < -0.3 is 9.88 Å². The molecule has 0 bridgehead atoms. The molecular formula is C8H11ClN2O. The Hall–Kier alpha value is -0.800. The van der Waals surface area contributed by atoms with Crippen molar-refractivity contribution >= 4 is 12.4 Å². The summed E-state index contributed by atoms with van der Waals surface area (Å²) in [5.74, 6) is 0. The number of aromatic nitrogens is 1. The third kappa shape index (κ3) is 1.52. The van der Waals surface area contributed by atoms with E-state index in [1.165, 1.54) is 0 Å². The Balaban J connectivity index is 0.000000720. The van der Waals surface area contributed by atoms with Gasteiger partial charge in [-0.05, 0) is 6.07 Å². The molecule has 3 nitrogen and oxygen atoms in total. The van der Waals surface area contributed by atoms with Crippen LogP contribution in [0.1, 0.15) is 5.69 Å².